The normalized spacial score (nSPS) is 19.8. The number of alkyl halides is 1. The first kappa shape index (κ1) is 9.99. The van der Waals surface area contributed by atoms with E-state index < -0.39 is 0 Å². The average molecular weight is 237 g/mol. The van der Waals surface area contributed by atoms with Gasteiger partial charge in [-0.15, -0.1) is 0 Å². The summed E-state index contributed by atoms with van der Waals surface area (Å²) in [5.41, 5.74) is 0.0714. The fourth-order valence-electron chi connectivity index (χ4n) is 0.938. The van der Waals surface area contributed by atoms with Crippen molar-refractivity contribution in [2.75, 3.05) is 25.2 Å². The van der Waals surface area contributed by atoms with Gasteiger partial charge in [0.25, 0.3) is 0 Å². The van der Waals surface area contributed by atoms with E-state index in [2.05, 4.69) is 22.9 Å². The van der Waals surface area contributed by atoms with Gasteiger partial charge in [-0.05, 0) is 0 Å². The summed E-state index contributed by atoms with van der Waals surface area (Å²) in [6, 6.07) is 0. The second-order valence-electron chi connectivity index (χ2n) is 3.40. The van der Waals surface area contributed by atoms with E-state index in [1.54, 1.807) is 0 Å². The third-order valence-electron chi connectivity index (χ3n) is 1.78. The minimum absolute atomic E-state index is 0.0714. The lowest BCUT2D eigenvalue weighted by Gasteiger charge is -2.37. The third-order valence-corrected chi connectivity index (χ3v) is 2.18. The highest BCUT2D eigenvalue weighted by molar-refractivity contribution is 9.09. The lowest BCUT2D eigenvalue weighted by Crippen LogP contribution is -2.44. The molecule has 1 saturated heterocycles. The van der Waals surface area contributed by atoms with Gasteiger partial charge in [0.1, 0.15) is 6.61 Å². The van der Waals surface area contributed by atoms with Crippen LogP contribution in [0.2, 0.25) is 0 Å². The summed E-state index contributed by atoms with van der Waals surface area (Å²) in [5.74, 6) is -0.139. The first-order valence-electron chi connectivity index (χ1n) is 3.96. The Morgan fingerprint density at radius 1 is 1.67 bits per heavy atom. The van der Waals surface area contributed by atoms with Crippen molar-refractivity contribution in [1.29, 1.82) is 0 Å². The van der Waals surface area contributed by atoms with Crippen molar-refractivity contribution in [3.8, 4) is 0 Å². The topological polar surface area (TPSA) is 35.5 Å². The van der Waals surface area contributed by atoms with Gasteiger partial charge in [0, 0.05) is 10.7 Å². The minimum Gasteiger partial charge on any atom is -0.465 e. The second-order valence-corrected chi connectivity index (χ2v) is 4.20. The summed E-state index contributed by atoms with van der Waals surface area (Å²) in [6.45, 7) is 3.94. The molecular formula is C8H13BrO3. The molecule has 4 heteroatoms. The maximum atomic E-state index is 10.9. The fraction of sp³-hybridized carbons (Fsp3) is 0.875. The molecule has 0 radical (unpaired) electrons. The van der Waals surface area contributed by atoms with Gasteiger partial charge in [-0.25, -0.2) is 0 Å². The van der Waals surface area contributed by atoms with E-state index in [0.717, 1.165) is 0 Å². The molecule has 0 aromatic carbocycles. The van der Waals surface area contributed by atoms with Crippen molar-refractivity contribution in [2.45, 2.75) is 13.3 Å². The number of carbonyl (C=O) groups is 1. The Balaban J connectivity index is 2.12. The highest BCUT2D eigenvalue weighted by Crippen LogP contribution is 2.26. The van der Waals surface area contributed by atoms with Gasteiger partial charge < -0.3 is 9.47 Å². The molecule has 1 fully saturated rings. The highest BCUT2D eigenvalue weighted by atomic mass is 79.9. The SMILES string of the molecule is CC1(COC(=O)CCBr)COC1. The van der Waals surface area contributed by atoms with Gasteiger partial charge >= 0.3 is 5.97 Å². The Hall–Kier alpha value is -0.0900. The number of ether oxygens (including phenoxy) is 2. The lowest BCUT2D eigenvalue weighted by atomic mass is 9.90. The van der Waals surface area contributed by atoms with E-state index in [0.29, 0.717) is 31.6 Å². The van der Waals surface area contributed by atoms with Gasteiger partial charge in [0.05, 0.1) is 19.6 Å². The summed E-state index contributed by atoms with van der Waals surface area (Å²) in [6.07, 6.45) is 0.441. The number of hydrogen-bond donors (Lipinski definition) is 0. The lowest BCUT2D eigenvalue weighted by molar-refractivity contribution is -0.164. The van der Waals surface area contributed by atoms with E-state index >= 15 is 0 Å². The molecule has 0 bridgehead atoms. The van der Waals surface area contributed by atoms with Crippen LogP contribution in [0.5, 0.6) is 0 Å². The van der Waals surface area contributed by atoms with Gasteiger partial charge in [0.2, 0.25) is 0 Å². The molecule has 0 saturated carbocycles. The Morgan fingerprint density at radius 3 is 2.75 bits per heavy atom. The van der Waals surface area contributed by atoms with E-state index in [9.17, 15) is 4.79 Å². The van der Waals surface area contributed by atoms with Crippen LogP contribution in [0, 0.1) is 5.41 Å². The Bertz CT molecular complexity index is 166. The zero-order valence-corrected chi connectivity index (χ0v) is 8.72. The molecule has 1 aliphatic rings. The van der Waals surface area contributed by atoms with Crippen LogP contribution < -0.4 is 0 Å². The van der Waals surface area contributed by atoms with Crippen molar-refractivity contribution in [3.05, 3.63) is 0 Å². The zero-order chi connectivity index (χ0) is 9.03. The van der Waals surface area contributed by atoms with Crippen LogP contribution in [0.25, 0.3) is 0 Å². The molecule has 1 aliphatic heterocycles. The predicted octanol–water partition coefficient (Wildman–Crippen LogP) is 1.35. The van der Waals surface area contributed by atoms with Gasteiger partial charge in [-0.2, -0.15) is 0 Å². The number of carbonyl (C=O) groups excluding carboxylic acids is 1. The van der Waals surface area contributed by atoms with E-state index in [1.807, 2.05) is 0 Å². The number of rotatable bonds is 4. The molecule has 0 amide bonds. The molecule has 0 N–H and O–H groups in total. The van der Waals surface area contributed by atoms with Crippen LogP contribution in [0.3, 0.4) is 0 Å². The van der Waals surface area contributed by atoms with E-state index in [1.165, 1.54) is 0 Å². The summed E-state index contributed by atoms with van der Waals surface area (Å²) < 4.78 is 10.1. The van der Waals surface area contributed by atoms with Gasteiger partial charge in [0.15, 0.2) is 0 Å². The van der Waals surface area contributed by atoms with Crippen molar-refractivity contribution in [1.82, 2.24) is 0 Å². The maximum absolute atomic E-state index is 10.9. The molecule has 12 heavy (non-hydrogen) atoms. The van der Waals surface area contributed by atoms with Crippen molar-refractivity contribution < 1.29 is 14.3 Å². The molecule has 1 rings (SSSR count). The van der Waals surface area contributed by atoms with Crippen LogP contribution in [-0.2, 0) is 14.3 Å². The number of halogens is 1. The number of hydrogen-bond acceptors (Lipinski definition) is 3. The van der Waals surface area contributed by atoms with Crippen LogP contribution in [0.15, 0.2) is 0 Å². The van der Waals surface area contributed by atoms with Crippen LogP contribution in [0.4, 0.5) is 0 Å². The molecular weight excluding hydrogens is 224 g/mol. The van der Waals surface area contributed by atoms with Gasteiger partial charge in [-0.3, -0.25) is 4.79 Å². The first-order chi connectivity index (χ1) is 5.66. The fourth-order valence-corrected chi connectivity index (χ4v) is 1.26. The molecule has 70 valence electrons. The van der Waals surface area contributed by atoms with Crippen LogP contribution in [0.1, 0.15) is 13.3 Å². The van der Waals surface area contributed by atoms with Gasteiger partial charge in [-0.1, -0.05) is 22.9 Å². The molecule has 0 aromatic heterocycles. The number of esters is 1. The Labute approximate surface area is 80.5 Å². The summed E-state index contributed by atoms with van der Waals surface area (Å²) in [4.78, 5) is 10.9. The maximum Gasteiger partial charge on any atom is 0.306 e. The molecule has 3 nitrogen and oxygen atoms in total. The average Bonchev–Trinajstić information content (AvgIpc) is 1.98. The Kier molecular flexibility index (Phi) is 3.53. The molecule has 0 unspecified atom stereocenters. The quantitative estimate of drug-likeness (QED) is 0.547. The smallest absolute Gasteiger partial charge is 0.306 e. The molecule has 0 aliphatic carbocycles. The summed E-state index contributed by atoms with van der Waals surface area (Å²) in [5, 5.41) is 0.666. The Morgan fingerprint density at radius 2 is 2.33 bits per heavy atom. The molecule has 0 atom stereocenters. The summed E-state index contributed by atoms with van der Waals surface area (Å²) in [7, 11) is 0. The predicted molar refractivity (Wildman–Crippen MR) is 48.3 cm³/mol. The molecule has 0 aromatic rings. The monoisotopic (exact) mass is 236 g/mol. The highest BCUT2D eigenvalue weighted by Gasteiger charge is 2.34. The summed E-state index contributed by atoms with van der Waals surface area (Å²) >= 11 is 3.18. The van der Waals surface area contributed by atoms with Crippen molar-refractivity contribution in [3.63, 3.8) is 0 Å². The standard InChI is InChI=1S/C8H13BrO3/c1-8(4-11-5-8)6-12-7(10)2-3-9/h2-6H2,1H3. The third kappa shape index (κ3) is 2.75. The van der Waals surface area contributed by atoms with Crippen LogP contribution in [-0.4, -0.2) is 31.1 Å². The largest absolute Gasteiger partial charge is 0.465 e. The zero-order valence-electron chi connectivity index (χ0n) is 7.14. The second kappa shape index (κ2) is 4.23. The van der Waals surface area contributed by atoms with Crippen molar-refractivity contribution >= 4 is 21.9 Å². The van der Waals surface area contributed by atoms with Crippen LogP contribution >= 0.6 is 15.9 Å². The van der Waals surface area contributed by atoms with E-state index in [-0.39, 0.29) is 11.4 Å². The van der Waals surface area contributed by atoms with Crippen molar-refractivity contribution in [2.24, 2.45) is 5.41 Å². The molecule has 0 spiro atoms. The minimum atomic E-state index is -0.139. The molecule has 1 heterocycles. The first-order valence-corrected chi connectivity index (χ1v) is 5.08. The van der Waals surface area contributed by atoms with E-state index in [4.69, 9.17) is 9.47 Å².